The summed E-state index contributed by atoms with van der Waals surface area (Å²) < 4.78 is 6.65. The number of hydrogen-bond acceptors (Lipinski definition) is 6. The summed E-state index contributed by atoms with van der Waals surface area (Å²) in [6.45, 7) is 3.75. The van der Waals surface area contributed by atoms with Crippen LogP contribution in [0, 0.1) is 0 Å². The van der Waals surface area contributed by atoms with Gasteiger partial charge in [0.25, 0.3) is 5.56 Å². The number of nitrogens with one attached hydrogen (secondary N) is 1. The third-order valence-corrected chi connectivity index (χ3v) is 4.59. The van der Waals surface area contributed by atoms with E-state index in [1.165, 1.54) is 4.57 Å². The number of carbonyl (C=O) groups is 2. The minimum atomic E-state index is -0.922. The van der Waals surface area contributed by atoms with Crippen molar-refractivity contribution in [3.63, 3.8) is 0 Å². The van der Waals surface area contributed by atoms with Gasteiger partial charge in [-0.1, -0.05) is 23.9 Å². The van der Waals surface area contributed by atoms with Crippen LogP contribution in [0.3, 0.4) is 0 Å². The Morgan fingerprint density at radius 3 is 2.68 bits per heavy atom. The lowest BCUT2D eigenvalue weighted by atomic mass is 10.2. The molecule has 0 unspecified atom stereocenters. The van der Waals surface area contributed by atoms with E-state index in [1.54, 1.807) is 38.3 Å². The molecule has 1 heterocycles. The van der Waals surface area contributed by atoms with Gasteiger partial charge in [-0.3, -0.25) is 19.5 Å². The number of thioether (sulfide) groups is 1. The van der Waals surface area contributed by atoms with E-state index < -0.39 is 17.2 Å². The average Bonchev–Trinajstić information content (AvgIpc) is 2.54. The molecule has 0 aliphatic rings. The Kier molecular flexibility index (Phi) is 6.16. The third-order valence-electron chi connectivity index (χ3n) is 3.52. The monoisotopic (exact) mass is 364 g/mol. The van der Waals surface area contributed by atoms with Crippen molar-refractivity contribution in [1.82, 2.24) is 14.9 Å². The van der Waals surface area contributed by atoms with Crippen molar-refractivity contribution >= 4 is 34.6 Å². The van der Waals surface area contributed by atoms with Gasteiger partial charge < -0.3 is 10.5 Å². The van der Waals surface area contributed by atoms with E-state index in [1.807, 2.05) is 12.2 Å². The lowest BCUT2D eigenvalue weighted by molar-refractivity contribution is -0.119. The molecule has 0 radical (unpaired) electrons. The highest BCUT2D eigenvalue weighted by Crippen LogP contribution is 2.25. The van der Waals surface area contributed by atoms with Gasteiger partial charge in [-0.05, 0) is 26.0 Å². The van der Waals surface area contributed by atoms with Crippen LogP contribution in [0.4, 0.5) is 4.79 Å². The summed E-state index contributed by atoms with van der Waals surface area (Å²) >= 11 is 1.08. The number of urea groups is 1. The molecule has 25 heavy (non-hydrogen) atoms. The Morgan fingerprint density at radius 2 is 2.04 bits per heavy atom. The van der Waals surface area contributed by atoms with Gasteiger partial charge in [-0.15, -0.1) is 0 Å². The van der Waals surface area contributed by atoms with Gasteiger partial charge >= 0.3 is 6.03 Å². The van der Waals surface area contributed by atoms with Crippen molar-refractivity contribution in [2.45, 2.75) is 30.3 Å². The Morgan fingerprint density at radius 1 is 1.36 bits per heavy atom. The molecule has 1 aromatic carbocycles. The molecule has 3 N–H and O–H groups in total. The van der Waals surface area contributed by atoms with Crippen LogP contribution < -0.4 is 16.6 Å². The number of nitrogens with two attached hydrogens (primary N) is 1. The molecular weight excluding hydrogens is 344 g/mol. The number of hydrogen-bond donors (Lipinski definition) is 2. The molecule has 8 nitrogen and oxygen atoms in total. The normalized spacial score (nSPS) is 13.4. The first-order chi connectivity index (χ1) is 11.8. The fourth-order valence-corrected chi connectivity index (χ4v) is 3.36. The number of imide groups is 1. The Labute approximate surface area is 148 Å². The van der Waals surface area contributed by atoms with Crippen molar-refractivity contribution in [3.8, 4) is 0 Å². The zero-order valence-electron chi connectivity index (χ0n) is 14.2. The molecule has 0 fully saturated rings. The number of nitrogens with zero attached hydrogens (tertiary/aromatic N) is 2. The van der Waals surface area contributed by atoms with Crippen LogP contribution in [0.1, 0.15) is 19.9 Å². The molecule has 0 bridgehead atoms. The summed E-state index contributed by atoms with van der Waals surface area (Å²) in [5.74, 6) is -0.550. The molecule has 2 rings (SSSR count). The predicted octanol–water partition coefficient (Wildman–Crippen LogP) is 1.28. The Bertz CT molecular complexity index is 852. The van der Waals surface area contributed by atoms with Crippen LogP contribution in [-0.2, 0) is 9.53 Å². The van der Waals surface area contributed by atoms with E-state index in [-0.39, 0.29) is 11.6 Å². The highest BCUT2D eigenvalue weighted by Gasteiger charge is 2.22. The second-order valence-corrected chi connectivity index (χ2v) is 6.81. The molecular formula is C16H20N4O4S. The number of primary amides is 1. The molecule has 0 spiro atoms. The number of aromatic nitrogens is 2. The summed E-state index contributed by atoms with van der Waals surface area (Å²) in [4.78, 5) is 40.2. The van der Waals surface area contributed by atoms with Gasteiger partial charge in [0.2, 0.25) is 5.91 Å². The number of fused-ring (bicyclic) bond motifs is 1. The largest absolute Gasteiger partial charge is 0.383 e. The summed E-state index contributed by atoms with van der Waals surface area (Å²) in [5.41, 5.74) is 5.31. The van der Waals surface area contributed by atoms with Crippen LogP contribution in [0.25, 0.3) is 10.9 Å². The summed E-state index contributed by atoms with van der Waals surface area (Å²) in [5, 5.41) is 2.23. The maximum absolute atomic E-state index is 12.9. The molecule has 0 aliphatic heterocycles. The lowest BCUT2D eigenvalue weighted by Gasteiger charge is -2.20. The minimum Gasteiger partial charge on any atom is -0.383 e. The highest BCUT2D eigenvalue weighted by molar-refractivity contribution is 8.00. The quantitative estimate of drug-likeness (QED) is 0.589. The highest BCUT2D eigenvalue weighted by atomic mass is 32.2. The molecule has 0 saturated carbocycles. The molecule has 134 valence electrons. The number of para-hydroxylation sites is 1. The van der Waals surface area contributed by atoms with Gasteiger partial charge in [0.05, 0.1) is 28.8 Å². The second-order valence-electron chi connectivity index (χ2n) is 5.50. The third kappa shape index (κ3) is 4.37. The number of carbonyl (C=O) groups excluding carboxylic acids is 2. The smallest absolute Gasteiger partial charge is 0.318 e. The number of ether oxygens (including phenoxy) is 1. The van der Waals surface area contributed by atoms with Crippen molar-refractivity contribution in [2.75, 3.05) is 13.7 Å². The van der Waals surface area contributed by atoms with Crippen molar-refractivity contribution in [3.05, 3.63) is 34.6 Å². The zero-order chi connectivity index (χ0) is 18.6. The first-order valence-corrected chi connectivity index (χ1v) is 8.50. The van der Waals surface area contributed by atoms with Gasteiger partial charge in [-0.2, -0.15) is 0 Å². The van der Waals surface area contributed by atoms with Crippen LogP contribution in [0.2, 0.25) is 0 Å². The van der Waals surface area contributed by atoms with Crippen molar-refractivity contribution in [2.24, 2.45) is 5.73 Å². The van der Waals surface area contributed by atoms with E-state index in [0.29, 0.717) is 22.7 Å². The molecule has 9 heteroatoms. The first-order valence-electron chi connectivity index (χ1n) is 7.62. The maximum atomic E-state index is 12.9. The average molecular weight is 364 g/mol. The van der Waals surface area contributed by atoms with E-state index in [9.17, 15) is 14.4 Å². The fraction of sp³-hybridized carbons (Fsp3) is 0.375. The van der Waals surface area contributed by atoms with Crippen molar-refractivity contribution in [1.29, 1.82) is 0 Å². The standard InChI is InChI=1S/C16H20N4O4S/c1-9(8-24-3)20-14(22)11-6-4-5-7-12(11)18-16(20)25-10(2)13(21)19-15(17)23/h4-7,9-10H,8H2,1-3H3,(H3,17,19,21,23)/t9-,10-/m1/s1. The van der Waals surface area contributed by atoms with Crippen LogP contribution in [0.5, 0.6) is 0 Å². The molecule has 3 amide bonds. The minimum absolute atomic E-state index is 0.208. The van der Waals surface area contributed by atoms with Gasteiger partial charge in [0.15, 0.2) is 5.16 Å². The van der Waals surface area contributed by atoms with E-state index in [4.69, 9.17) is 10.5 Å². The Hall–Kier alpha value is -2.39. The van der Waals surface area contributed by atoms with Crippen molar-refractivity contribution < 1.29 is 14.3 Å². The summed E-state index contributed by atoms with van der Waals surface area (Å²) in [6, 6.07) is 5.80. The van der Waals surface area contributed by atoms with Gasteiger partial charge in [0.1, 0.15) is 0 Å². The molecule has 0 saturated heterocycles. The number of amides is 3. The van der Waals surface area contributed by atoms with Gasteiger partial charge in [0, 0.05) is 7.11 Å². The van der Waals surface area contributed by atoms with E-state index in [0.717, 1.165) is 11.8 Å². The maximum Gasteiger partial charge on any atom is 0.318 e. The second kappa shape index (κ2) is 8.13. The lowest BCUT2D eigenvalue weighted by Crippen LogP contribution is -2.39. The van der Waals surface area contributed by atoms with Crippen LogP contribution in [-0.4, -0.2) is 40.5 Å². The fourth-order valence-electron chi connectivity index (χ4n) is 2.35. The van der Waals surface area contributed by atoms with Gasteiger partial charge in [-0.25, -0.2) is 9.78 Å². The summed E-state index contributed by atoms with van der Waals surface area (Å²) in [6.07, 6.45) is 0. The molecule has 1 aromatic heterocycles. The number of rotatable bonds is 6. The summed E-state index contributed by atoms with van der Waals surface area (Å²) in [7, 11) is 1.55. The predicted molar refractivity (Wildman–Crippen MR) is 95.6 cm³/mol. The number of benzene rings is 1. The van der Waals surface area contributed by atoms with Crippen LogP contribution in [0.15, 0.2) is 34.2 Å². The first kappa shape index (κ1) is 18.9. The van der Waals surface area contributed by atoms with Crippen LogP contribution >= 0.6 is 11.8 Å². The zero-order valence-corrected chi connectivity index (χ0v) is 15.0. The van der Waals surface area contributed by atoms with E-state index >= 15 is 0 Å². The molecule has 2 aromatic rings. The number of methoxy groups -OCH3 is 1. The SMILES string of the molecule is COC[C@@H](C)n1c(S[C@H](C)C(=O)NC(N)=O)nc2ccccc2c1=O. The topological polar surface area (TPSA) is 116 Å². The van der Waals surface area contributed by atoms with E-state index in [2.05, 4.69) is 4.98 Å². The Balaban J connectivity index is 2.49. The molecule has 2 atom stereocenters. The molecule has 0 aliphatic carbocycles.